The van der Waals surface area contributed by atoms with Crippen molar-refractivity contribution in [2.75, 3.05) is 26.7 Å². The highest BCUT2D eigenvalue weighted by molar-refractivity contribution is 4.84. The van der Waals surface area contributed by atoms with Crippen molar-refractivity contribution in [3.63, 3.8) is 0 Å². The zero-order chi connectivity index (χ0) is 12.9. The molecule has 0 bridgehead atoms. The predicted molar refractivity (Wildman–Crippen MR) is 60.8 cm³/mol. The topological polar surface area (TPSA) is 23.5 Å². The van der Waals surface area contributed by atoms with E-state index in [1.165, 1.54) is 6.42 Å². The van der Waals surface area contributed by atoms with Gasteiger partial charge in [0.2, 0.25) is 0 Å². The van der Waals surface area contributed by atoms with Gasteiger partial charge < -0.3 is 10.0 Å². The molecule has 0 atom stereocenters. The molecule has 0 aliphatic heterocycles. The summed E-state index contributed by atoms with van der Waals surface area (Å²) in [6.45, 7) is 0.675. The van der Waals surface area contributed by atoms with E-state index in [1.54, 1.807) is 11.9 Å². The molecule has 0 aromatic heterocycles. The van der Waals surface area contributed by atoms with Gasteiger partial charge in [0.05, 0.1) is 6.42 Å². The lowest BCUT2D eigenvalue weighted by atomic mass is 9.74. The molecule has 102 valence electrons. The SMILES string of the molecule is CN(CCC(F)(F)F)CC1(CO)CCCCC1. The van der Waals surface area contributed by atoms with Crippen molar-refractivity contribution in [3.8, 4) is 0 Å². The van der Waals surface area contributed by atoms with Crippen LogP contribution in [0.1, 0.15) is 38.5 Å². The first-order valence-electron chi connectivity index (χ1n) is 6.23. The highest BCUT2D eigenvalue weighted by Crippen LogP contribution is 2.36. The molecule has 0 saturated heterocycles. The molecule has 2 nitrogen and oxygen atoms in total. The lowest BCUT2D eigenvalue weighted by molar-refractivity contribution is -0.138. The molecule has 0 radical (unpaired) electrons. The van der Waals surface area contributed by atoms with Crippen LogP contribution in [0.15, 0.2) is 0 Å². The largest absolute Gasteiger partial charge is 0.396 e. The Morgan fingerprint density at radius 2 is 1.76 bits per heavy atom. The first-order valence-corrected chi connectivity index (χ1v) is 6.23. The lowest BCUT2D eigenvalue weighted by Crippen LogP contribution is -2.41. The third-order valence-corrected chi connectivity index (χ3v) is 3.63. The molecule has 0 aromatic rings. The summed E-state index contributed by atoms with van der Waals surface area (Å²) in [5.74, 6) is 0. The Morgan fingerprint density at radius 3 is 2.24 bits per heavy atom. The average molecular weight is 253 g/mol. The monoisotopic (exact) mass is 253 g/mol. The number of rotatable bonds is 5. The molecule has 0 amide bonds. The quantitative estimate of drug-likeness (QED) is 0.814. The lowest BCUT2D eigenvalue weighted by Gasteiger charge is -2.38. The fourth-order valence-corrected chi connectivity index (χ4v) is 2.64. The second-order valence-electron chi connectivity index (χ2n) is 5.32. The third-order valence-electron chi connectivity index (χ3n) is 3.63. The average Bonchev–Trinajstić information content (AvgIpc) is 2.27. The van der Waals surface area contributed by atoms with Crippen molar-refractivity contribution in [1.82, 2.24) is 4.90 Å². The molecule has 1 rings (SSSR count). The number of aliphatic hydroxyl groups excluding tert-OH is 1. The van der Waals surface area contributed by atoms with Crippen LogP contribution in [0.5, 0.6) is 0 Å². The molecular formula is C12H22F3NO. The summed E-state index contributed by atoms with van der Waals surface area (Å²) in [4.78, 5) is 1.70. The van der Waals surface area contributed by atoms with Gasteiger partial charge in [-0.1, -0.05) is 19.3 Å². The van der Waals surface area contributed by atoms with Gasteiger partial charge in [0, 0.05) is 25.1 Å². The van der Waals surface area contributed by atoms with Crippen LogP contribution >= 0.6 is 0 Å². The minimum absolute atomic E-state index is 0.0191. The molecular weight excluding hydrogens is 231 g/mol. The molecule has 0 unspecified atom stereocenters. The van der Waals surface area contributed by atoms with Crippen LogP contribution in [0.4, 0.5) is 13.2 Å². The van der Waals surface area contributed by atoms with Crippen LogP contribution < -0.4 is 0 Å². The van der Waals surface area contributed by atoms with Gasteiger partial charge in [-0.05, 0) is 19.9 Å². The second kappa shape index (κ2) is 6.05. The van der Waals surface area contributed by atoms with Crippen LogP contribution in [0.2, 0.25) is 0 Å². The molecule has 5 heteroatoms. The van der Waals surface area contributed by atoms with E-state index in [9.17, 15) is 18.3 Å². The Bertz CT molecular complexity index is 224. The highest BCUT2D eigenvalue weighted by Gasteiger charge is 2.33. The van der Waals surface area contributed by atoms with E-state index in [-0.39, 0.29) is 18.6 Å². The van der Waals surface area contributed by atoms with Gasteiger partial charge in [0.15, 0.2) is 0 Å². The fourth-order valence-electron chi connectivity index (χ4n) is 2.64. The number of hydrogen-bond acceptors (Lipinski definition) is 2. The third kappa shape index (κ3) is 5.25. The van der Waals surface area contributed by atoms with Crippen molar-refractivity contribution in [3.05, 3.63) is 0 Å². The van der Waals surface area contributed by atoms with Crippen molar-refractivity contribution >= 4 is 0 Å². The van der Waals surface area contributed by atoms with E-state index in [0.29, 0.717) is 6.54 Å². The zero-order valence-corrected chi connectivity index (χ0v) is 10.4. The van der Waals surface area contributed by atoms with E-state index in [0.717, 1.165) is 25.7 Å². The Hall–Kier alpha value is -0.290. The normalized spacial score (nSPS) is 20.8. The molecule has 17 heavy (non-hydrogen) atoms. The molecule has 1 aliphatic carbocycles. The van der Waals surface area contributed by atoms with Crippen molar-refractivity contribution in [2.45, 2.75) is 44.7 Å². The van der Waals surface area contributed by atoms with E-state index >= 15 is 0 Å². The van der Waals surface area contributed by atoms with Crippen LogP contribution in [0.3, 0.4) is 0 Å². The van der Waals surface area contributed by atoms with Crippen LogP contribution in [-0.4, -0.2) is 42.9 Å². The number of nitrogens with zero attached hydrogens (tertiary/aromatic N) is 1. The van der Waals surface area contributed by atoms with E-state index in [1.807, 2.05) is 0 Å². The van der Waals surface area contributed by atoms with Crippen molar-refractivity contribution in [1.29, 1.82) is 0 Å². The molecule has 1 aliphatic rings. The van der Waals surface area contributed by atoms with E-state index in [2.05, 4.69) is 0 Å². The number of alkyl halides is 3. The number of aliphatic hydroxyl groups is 1. The number of halogens is 3. The minimum Gasteiger partial charge on any atom is -0.396 e. The van der Waals surface area contributed by atoms with Crippen molar-refractivity contribution < 1.29 is 18.3 Å². The molecule has 0 heterocycles. The fraction of sp³-hybridized carbons (Fsp3) is 1.00. The summed E-state index contributed by atoms with van der Waals surface area (Å²) >= 11 is 0. The van der Waals surface area contributed by atoms with Gasteiger partial charge in [-0.15, -0.1) is 0 Å². The van der Waals surface area contributed by atoms with Gasteiger partial charge in [-0.25, -0.2) is 0 Å². The summed E-state index contributed by atoms with van der Waals surface area (Å²) in [6, 6.07) is 0. The van der Waals surface area contributed by atoms with Crippen LogP contribution in [-0.2, 0) is 0 Å². The molecule has 0 aromatic carbocycles. The summed E-state index contributed by atoms with van der Waals surface area (Å²) < 4.78 is 36.3. The van der Waals surface area contributed by atoms with Gasteiger partial charge in [-0.3, -0.25) is 0 Å². The Kier molecular flexibility index (Phi) is 5.25. The number of hydrogen-bond donors (Lipinski definition) is 1. The maximum Gasteiger partial charge on any atom is 0.390 e. The molecule has 1 fully saturated rings. The molecule has 0 spiro atoms. The van der Waals surface area contributed by atoms with Gasteiger partial charge in [0.25, 0.3) is 0 Å². The molecule has 1 saturated carbocycles. The standard InChI is InChI=1S/C12H22F3NO/c1-16(8-7-12(13,14)15)9-11(10-17)5-3-2-4-6-11/h17H,2-10H2,1H3. The zero-order valence-electron chi connectivity index (χ0n) is 10.4. The Morgan fingerprint density at radius 1 is 1.18 bits per heavy atom. The van der Waals surface area contributed by atoms with Crippen LogP contribution in [0, 0.1) is 5.41 Å². The smallest absolute Gasteiger partial charge is 0.390 e. The maximum atomic E-state index is 12.1. The highest BCUT2D eigenvalue weighted by atomic mass is 19.4. The summed E-state index contributed by atoms with van der Waals surface area (Å²) in [7, 11) is 1.71. The maximum absolute atomic E-state index is 12.1. The van der Waals surface area contributed by atoms with E-state index < -0.39 is 12.6 Å². The van der Waals surface area contributed by atoms with Crippen molar-refractivity contribution in [2.24, 2.45) is 5.41 Å². The van der Waals surface area contributed by atoms with Crippen LogP contribution in [0.25, 0.3) is 0 Å². The first kappa shape index (κ1) is 14.8. The minimum atomic E-state index is -4.09. The Labute approximate surface area is 101 Å². The predicted octanol–water partition coefficient (Wildman–Crippen LogP) is 2.81. The molecule has 1 N–H and O–H groups in total. The first-order chi connectivity index (χ1) is 7.87. The summed E-state index contributed by atoms with van der Waals surface area (Å²) in [5, 5.41) is 9.47. The second-order valence-corrected chi connectivity index (χ2v) is 5.32. The van der Waals surface area contributed by atoms with Gasteiger partial charge >= 0.3 is 6.18 Å². The Balaban J connectivity index is 2.39. The van der Waals surface area contributed by atoms with Gasteiger partial charge in [0.1, 0.15) is 0 Å². The van der Waals surface area contributed by atoms with E-state index in [4.69, 9.17) is 0 Å². The summed E-state index contributed by atoms with van der Waals surface area (Å²) in [6.07, 6.45) is 0.327. The van der Waals surface area contributed by atoms with Gasteiger partial charge in [-0.2, -0.15) is 13.2 Å². The summed E-state index contributed by atoms with van der Waals surface area (Å²) in [5.41, 5.74) is -0.168.